The van der Waals surface area contributed by atoms with E-state index >= 15 is 0 Å². The van der Waals surface area contributed by atoms with Crippen molar-refractivity contribution < 1.29 is 0 Å². The van der Waals surface area contributed by atoms with Gasteiger partial charge >= 0.3 is 0 Å². The van der Waals surface area contributed by atoms with E-state index in [2.05, 4.69) is 30.9 Å². The molecule has 2 aromatic heterocycles. The molecule has 14 heavy (non-hydrogen) atoms. The molecule has 0 aliphatic carbocycles. The summed E-state index contributed by atoms with van der Waals surface area (Å²) in [7, 11) is 0. The lowest BCUT2D eigenvalue weighted by Gasteiger charge is -2.01. The summed E-state index contributed by atoms with van der Waals surface area (Å²) in [5, 5.41) is 0. The number of nitrogens with zero attached hydrogens (tertiary/aromatic N) is 2. The number of rotatable bonds is 1. The highest BCUT2D eigenvalue weighted by Gasteiger charge is 2.07. The van der Waals surface area contributed by atoms with Crippen LogP contribution in [-0.4, -0.2) is 15.0 Å². The normalized spacial score (nSPS) is 10.4. The Bertz CT molecular complexity index is 464. The molecule has 4 nitrogen and oxygen atoms in total. The van der Waals surface area contributed by atoms with Crippen LogP contribution in [0.5, 0.6) is 0 Å². The van der Waals surface area contributed by atoms with Crippen LogP contribution in [0.25, 0.3) is 11.4 Å². The molecule has 72 valence electrons. The molecule has 0 atom stereocenters. The summed E-state index contributed by atoms with van der Waals surface area (Å²) in [5.74, 6) is 1.22. The van der Waals surface area contributed by atoms with Gasteiger partial charge in [-0.05, 0) is 28.9 Å². The van der Waals surface area contributed by atoms with E-state index in [4.69, 9.17) is 5.73 Å². The predicted molar refractivity (Wildman–Crippen MR) is 58.7 cm³/mol. The highest BCUT2D eigenvalue weighted by molar-refractivity contribution is 9.10. The first-order valence-corrected chi connectivity index (χ1v) is 4.89. The maximum atomic E-state index is 5.74. The number of aromatic amines is 1. The minimum atomic E-state index is 0.475. The van der Waals surface area contributed by atoms with E-state index in [1.54, 1.807) is 12.4 Å². The molecular weight excluding hydrogens is 244 g/mol. The molecule has 3 N–H and O–H groups in total. The van der Waals surface area contributed by atoms with Crippen molar-refractivity contribution in [2.75, 3.05) is 5.73 Å². The fourth-order valence-corrected chi connectivity index (χ4v) is 1.52. The monoisotopic (exact) mass is 252 g/mol. The Morgan fingerprint density at radius 3 is 2.79 bits per heavy atom. The Morgan fingerprint density at radius 2 is 2.14 bits per heavy atom. The fraction of sp³-hybridized carbons (Fsp3) is 0.111. The smallest absolute Gasteiger partial charge is 0.141 e. The molecule has 0 unspecified atom stereocenters. The summed E-state index contributed by atoms with van der Waals surface area (Å²) < 4.78 is 0.885. The molecule has 0 aliphatic rings. The average molecular weight is 253 g/mol. The van der Waals surface area contributed by atoms with Gasteiger partial charge in [0, 0.05) is 22.6 Å². The first-order valence-electron chi connectivity index (χ1n) is 4.10. The topological polar surface area (TPSA) is 67.6 Å². The number of nitrogens with one attached hydrogen (secondary N) is 1. The third-order valence-corrected chi connectivity index (χ3v) is 2.28. The molecule has 2 rings (SSSR count). The van der Waals surface area contributed by atoms with Crippen LogP contribution >= 0.6 is 15.9 Å². The number of nitrogen functional groups attached to an aromatic ring is 1. The molecule has 0 fully saturated rings. The second-order valence-electron chi connectivity index (χ2n) is 3.00. The van der Waals surface area contributed by atoms with Gasteiger partial charge in [0.2, 0.25) is 0 Å². The van der Waals surface area contributed by atoms with E-state index in [0.29, 0.717) is 5.82 Å². The Labute approximate surface area is 89.7 Å². The second-order valence-corrected chi connectivity index (χ2v) is 3.92. The van der Waals surface area contributed by atoms with Crippen molar-refractivity contribution in [3.8, 4) is 11.4 Å². The van der Waals surface area contributed by atoms with Gasteiger partial charge in [0.1, 0.15) is 11.6 Å². The first kappa shape index (κ1) is 9.21. The van der Waals surface area contributed by atoms with Crippen LogP contribution in [0.4, 0.5) is 5.82 Å². The number of aryl methyl sites for hydroxylation is 1. The summed E-state index contributed by atoms with van der Waals surface area (Å²) >= 11 is 3.34. The standard InChI is InChI=1S/C9H9BrN4/c1-5-3-13-9(14-5)7-2-6(10)4-12-8(7)11/h2-4H,1H3,(H2,11,12)(H,13,14). The van der Waals surface area contributed by atoms with Gasteiger partial charge in [-0.25, -0.2) is 9.97 Å². The molecule has 0 aromatic carbocycles. The highest BCUT2D eigenvalue weighted by atomic mass is 79.9. The minimum absolute atomic E-state index is 0.475. The molecule has 2 heterocycles. The molecule has 0 bridgehead atoms. The first-order chi connectivity index (χ1) is 6.66. The van der Waals surface area contributed by atoms with Gasteiger partial charge in [0.05, 0.1) is 5.56 Å². The SMILES string of the molecule is Cc1cnc(-c2cc(Br)cnc2N)[nH]1. The summed E-state index contributed by atoms with van der Waals surface area (Å²) in [4.78, 5) is 11.3. The molecule has 5 heteroatoms. The number of hydrogen-bond donors (Lipinski definition) is 2. The number of anilines is 1. The molecule has 0 aliphatic heterocycles. The van der Waals surface area contributed by atoms with E-state index < -0.39 is 0 Å². The predicted octanol–water partition coefficient (Wildman–Crippen LogP) is 2.12. The van der Waals surface area contributed by atoms with Crippen LogP contribution in [0.15, 0.2) is 22.9 Å². The van der Waals surface area contributed by atoms with Crippen LogP contribution < -0.4 is 5.73 Å². The second kappa shape index (κ2) is 3.42. The molecule has 0 saturated carbocycles. The van der Waals surface area contributed by atoms with E-state index in [-0.39, 0.29) is 0 Å². The number of H-pyrrole nitrogens is 1. The number of halogens is 1. The number of pyridine rings is 1. The molecule has 0 spiro atoms. The van der Waals surface area contributed by atoms with Gasteiger partial charge < -0.3 is 10.7 Å². The zero-order valence-electron chi connectivity index (χ0n) is 7.58. The molecule has 0 amide bonds. The lowest BCUT2D eigenvalue weighted by Crippen LogP contribution is -1.94. The summed E-state index contributed by atoms with van der Waals surface area (Å²) in [6.45, 7) is 1.94. The van der Waals surface area contributed by atoms with Crippen LogP contribution in [0, 0.1) is 6.92 Å². The molecular formula is C9H9BrN4. The van der Waals surface area contributed by atoms with Gasteiger partial charge in [-0.3, -0.25) is 0 Å². The largest absolute Gasteiger partial charge is 0.383 e. The van der Waals surface area contributed by atoms with E-state index in [9.17, 15) is 0 Å². The van der Waals surface area contributed by atoms with Crippen molar-refractivity contribution in [1.29, 1.82) is 0 Å². The number of hydrogen-bond acceptors (Lipinski definition) is 3. The van der Waals surface area contributed by atoms with Crippen LogP contribution in [0.2, 0.25) is 0 Å². The van der Waals surface area contributed by atoms with Gasteiger partial charge in [0.25, 0.3) is 0 Å². The van der Waals surface area contributed by atoms with Crippen LogP contribution in [0.3, 0.4) is 0 Å². The summed E-state index contributed by atoms with van der Waals surface area (Å²) in [6.07, 6.45) is 3.42. The third-order valence-electron chi connectivity index (χ3n) is 1.84. The van der Waals surface area contributed by atoms with Crippen molar-refractivity contribution in [3.05, 3.63) is 28.6 Å². The lowest BCUT2D eigenvalue weighted by atomic mass is 10.2. The van der Waals surface area contributed by atoms with E-state index in [1.807, 2.05) is 13.0 Å². The number of aromatic nitrogens is 3. The van der Waals surface area contributed by atoms with E-state index in [0.717, 1.165) is 21.6 Å². The van der Waals surface area contributed by atoms with Crippen molar-refractivity contribution in [2.24, 2.45) is 0 Å². The van der Waals surface area contributed by atoms with Crippen molar-refractivity contribution >= 4 is 21.7 Å². The third kappa shape index (κ3) is 1.63. The van der Waals surface area contributed by atoms with Gasteiger partial charge in [-0.1, -0.05) is 0 Å². The molecule has 0 radical (unpaired) electrons. The Hall–Kier alpha value is -1.36. The Balaban J connectivity index is 2.55. The quantitative estimate of drug-likeness (QED) is 0.817. The van der Waals surface area contributed by atoms with Crippen LogP contribution in [0.1, 0.15) is 5.69 Å². The fourth-order valence-electron chi connectivity index (χ4n) is 1.19. The molecule has 2 aromatic rings. The van der Waals surface area contributed by atoms with Crippen molar-refractivity contribution in [2.45, 2.75) is 6.92 Å². The Morgan fingerprint density at radius 1 is 1.36 bits per heavy atom. The van der Waals surface area contributed by atoms with E-state index in [1.165, 1.54) is 0 Å². The Kier molecular flexibility index (Phi) is 2.25. The number of imidazole rings is 1. The minimum Gasteiger partial charge on any atom is -0.383 e. The van der Waals surface area contributed by atoms with Crippen LogP contribution in [-0.2, 0) is 0 Å². The lowest BCUT2D eigenvalue weighted by molar-refractivity contribution is 1.23. The number of nitrogens with two attached hydrogens (primary N) is 1. The zero-order chi connectivity index (χ0) is 10.1. The maximum Gasteiger partial charge on any atom is 0.141 e. The maximum absolute atomic E-state index is 5.74. The zero-order valence-corrected chi connectivity index (χ0v) is 9.17. The van der Waals surface area contributed by atoms with Crippen molar-refractivity contribution in [3.63, 3.8) is 0 Å². The van der Waals surface area contributed by atoms with Gasteiger partial charge in [-0.2, -0.15) is 0 Å². The average Bonchev–Trinajstić information content (AvgIpc) is 2.56. The van der Waals surface area contributed by atoms with Crippen molar-refractivity contribution in [1.82, 2.24) is 15.0 Å². The summed E-state index contributed by atoms with van der Waals surface area (Å²) in [5.41, 5.74) is 7.55. The molecule has 0 saturated heterocycles. The summed E-state index contributed by atoms with van der Waals surface area (Å²) in [6, 6.07) is 1.89. The van der Waals surface area contributed by atoms with Gasteiger partial charge in [0.15, 0.2) is 0 Å². The van der Waals surface area contributed by atoms with Gasteiger partial charge in [-0.15, -0.1) is 0 Å². The highest BCUT2D eigenvalue weighted by Crippen LogP contribution is 2.24.